The highest BCUT2D eigenvalue weighted by Gasteiger charge is 2.18. The fraction of sp³-hybridized carbons (Fsp3) is 0.375. The molecule has 0 radical (unpaired) electrons. The first-order chi connectivity index (χ1) is 7.06. The van der Waals surface area contributed by atoms with Crippen LogP contribution in [0.1, 0.15) is 22.5 Å². The molecule has 0 spiro atoms. The number of aromatic carboxylic acids is 1. The Balaban J connectivity index is 2.86. The van der Waals surface area contributed by atoms with E-state index in [4.69, 9.17) is 10.8 Å². The number of nitrogens with zero attached hydrogens (tertiary/aromatic N) is 1. The Kier molecular flexibility index (Phi) is 3.40. The predicted octanol–water partition coefficient (Wildman–Crippen LogP) is -0.296. The molecule has 7 heteroatoms. The van der Waals surface area contributed by atoms with Crippen LogP contribution in [0.3, 0.4) is 0 Å². The van der Waals surface area contributed by atoms with Crippen molar-refractivity contribution in [3.8, 4) is 0 Å². The number of aromatic amines is 1. The molecular formula is C8H12N4O3. The first-order valence-electron chi connectivity index (χ1n) is 4.34. The number of hydrogen-bond donors (Lipinski definition) is 4. The maximum Gasteiger partial charge on any atom is 0.341 e. The van der Waals surface area contributed by atoms with Crippen molar-refractivity contribution in [3.05, 3.63) is 11.3 Å². The minimum atomic E-state index is -1.13. The first-order valence-corrected chi connectivity index (χ1v) is 4.34. The Morgan fingerprint density at radius 1 is 1.60 bits per heavy atom. The number of carboxylic acid groups (broad SMARTS) is 1. The van der Waals surface area contributed by atoms with Gasteiger partial charge in [0.15, 0.2) is 5.82 Å². The number of carbonyl (C=O) groups is 2. The van der Waals surface area contributed by atoms with E-state index >= 15 is 0 Å². The number of carboxylic acids is 1. The lowest BCUT2D eigenvalue weighted by Gasteiger charge is -2.01. The minimum Gasteiger partial charge on any atom is -0.477 e. The number of nitrogens with two attached hydrogens (primary N) is 1. The van der Waals surface area contributed by atoms with E-state index in [1.807, 2.05) is 0 Å². The van der Waals surface area contributed by atoms with Crippen LogP contribution in [0.2, 0.25) is 0 Å². The molecule has 0 aliphatic carbocycles. The topological polar surface area (TPSA) is 121 Å². The van der Waals surface area contributed by atoms with Crippen LogP contribution < -0.4 is 11.1 Å². The number of amides is 1. The van der Waals surface area contributed by atoms with E-state index in [1.165, 1.54) is 0 Å². The third-order valence-electron chi connectivity index (χ3n) is 1.79. The van der Waals surface area contributed by atoms with E-state index in [0.717, 1.165) is 0 Å². The standard InChI is InChI=1S/C8H12N4O3/c1-4-6(8(14)15)7(12-11-4)10-5(13)2-3-9/h2-3,9H2,1H3,(H,14,15)(H2,10,11,12,13). The van der Waals surface area contributed by atoms with E-state index in [1.54, 1.807) is 6.92 Å². The van der Waals surface area contributed by atoms with Gasteiger partial charge in [-0.2, -0.15) is 5.10 Å². The zero-order valence-electron chi connectivity index (χ0n) is 8.20. The van der Waals surface area contributed by atoms with Crippen LogP contribution in [0.25, 0.3) is 0 Å². The van der Waals surface area contributed by atoms with Gasteiger partial charge in [0, 0.05) is 18.7 Å². The molecule has 0 saturated heterocycles. The third kappa shape index (κ3) is 2.53. The van der Waals surface area contributed by atoms with E-state index in [-0.39, 0.29) is 30.3 Å². The van der Waals surface area contributed by atoms with Crippen molar-refractivity contribution in [2.24, 2.45) is 5.73 Å². The molecule has 1 aromatic heterocycles. The molecule has 7 nitrogen and oxygen atoms in total. The summed E-state index contributed by atoms with van der Waals surface area (Å²) in [7, 11) is 0. The van der Waals surface area contributed by atoms with Crippen molar-refractivity contribution < 1.29 is 14.7 Å². The van der Waals surface area contributed by atoms with Crippen LogP contribution in [-0.4, -0.2) is 33.7 Å². The molecule has 0 saturated carbocycles. The normalized spacial score (nSPS) is 10.0. The predicted molar refractivity (Wildman–Crippen MR) is 52.6 cm³/mol. The number of H-pyrrole nitrogens is 1. The number of nitrogens with one attached hydrogen (secondary N) is 2. The molecule has 15 heavy (non-hydrogen) atoms. The van der Waals surface area contributed by atoms with Crippen LogP contribution in [0.4, 0.5) is 5.82 Å². The number of aromatic nitrogens is 2. The Morgan fingerprint density at radius 3 is 2.80 bits per heavy atom. The van der Waals surface area contributed by atoms with Crippen molar-refractivity contribution in [1.29, 1.82) is 0 Å². The molecule has 0 aliphatic heterocycles. The summed E-state index contributed by atoms with van der Waals surface area (Å²) in [6.45, 7) is 1.77. The van der Waals surface area contributed by atoms with Gasteiger partial charge in [-0.1, -0.05) is 0 Å². The molecule has 1 aromatic rings. The maximum absolute atomic E-state index is 11.2. The molecule has 5 N–H and O–H groups in total. The summed E-state index contributed by atoms with van der Waals surface area (Å²) < 4.78 is 0. The molecule has 0 bridgehead atoms. The molecule has 0 unspecified atom stereocenters. The molecule has 82 valence electrons. The largest absolute Gasteiger partial charge is 0.477 e. The molecule has 0 aromatic carbocycles. The quantitative estimate of drug-likeness (QED) is 0.546. The van der Waals surface area contributed by atoms with Crippen molar-refractivity contribution in [1.82, 2.24) is 10.2 Å². The van der Waals surface area contributed by atoms with E-state index in [2.05, 4.69) is 15.5 Å². The Hall–Kier alpha value is -1.89. The summed E-state index contributed by atoms with van der Waals surface area (Å²) in [5.41, 5.74) is 5.55. The number of rotatable bonds is 4. The first kappa shape index (κ1) is 11.2. The highest BCUT2D eigenvalue weighted by molar-refractivity contribution is 6.00. The lowest BCUT2D eigenvalue weighted by atomic mass is 10.2. The van der Waals surface area contributed by atoms with Crippen molar-refractivity contribution in [2.45, 2.75) is 13.3 Å². The summed E-state index contributed by atoms with van der Waals surface area (Å²) in [6.07, 6.45) is 0.130. The zero-order valence-corrected chi connectivity index (χ0v) is 8.20. The maximum atomic E-state index is 11.2. The van der Waals surface area contributed by atoms with Crippen molar-refractivity contribution >= 4 is 17.7 Å². The van der Waals surface area contributed by atoms with Gasteiger partial charge in [-0.3, -0.25) is 9.89 Å². The smallest absolute Gasteiger partial charge is 0.341 e. The average molecular weight is 212 g/mol. The molecule has 0 fully saturated rings. The monoisotopic (exact) mass is 212 g/mol. The molecule has 1 heterocycles. The van der Waals surface area contributed by atoms with Gasteiger partial charge in [0.05, 0.1) is 0 Å². The minimum absolute atomic E-state index is 0.0263. The summed E-state index contributed by atoms with van der Waals surface area (Å²) in [4.78, 5) is 22.0. The number of carbonyl (C=O) groups excluding carboxylic acids is 1. The van der Waals surface area contributed by atoms with E-state index < -0.39 is 5.97 Å². The SMILES string of the molecule is Cc1[nH]nc(NC(=O)CCN)c1C(=O)O. The molecule has 1 amide bonds. The summed E-state index contributed by atoms with van der Waals surface area (Å²) in [5, 5.41) is 17.4. The lowest BCUT2D eigenvalue weighted by molar-refractivity contribution is -0.116. The third-order valence-corrected chi connectivity index (χ3v) is 1.79. The second kappa shape index (κ2) is 4.56. The van der Waals surface area contributed by atoms with Gasteiger partial charge >= 0.3 is 5.97 Å². The van der Waals surface area contributed by atoms with E-state index in [9.17, 15) is 9.59 Å². The summed E-state index contributed by atoms with van der Waals surface area (Å²) >= 11 is 0. The van der Waals surface area contributed by atoms with Gasteiger partial charge in [0.2, 0.25) is 5.91 Å². The Morgan fingerprint density at radius 2 is 2.27 bits per heavy atom. The van der Waals surface area contributed by atoms with Gasteiger partial charge in [-0.25, -0.2) is 4.79 Å². The molecule has 0 aliphatic rings. The fourth-order valence-electron chi connectivity index (χ4n) is 1.11. The fourth-order valence-corrected chi connectivity index (χ4v) is 1.11. The highest BCUT2D eigenvalue weighted by atomic mass is 16.4. The molecular weight excluding hydrogens is 200 g/mol. The summed E-state index contributed by atoms with van der Waals surface area (Å²) in [6, 6.07) is 0. The van der Waals surface area contributed by atoms with E-state index in [0.29, 0.717) is 5.69 Å². The number of hydrogen-bond acceptors (Lipinski definition) is 4. The highest BCUT2D eigenvalue weighted by Crippen LogP contribution is 2.15. The van der Waals surface area contributed by atoms with Crippen molar-refractivity contribution in [2.75, 3.05) is 11.9 Å². The summed E-state index contributed by atoms with van der Waals surface area (Å²) in [5.74, 6) is -1.46. The van der Waals surface area contributed by atoms with Gasteiger partial charge in [0.25, 0.3) is 0 Å². The number of anilines is 1. The average Bonchev–Trinajstić information content (AvgIpc) is 2.47. The van der Waals surface area contributed by atoms with Crippen LogP contribution in [0, 0.1) is 6.92 Å². The van der Waals surface area contributed by atoms with Crippen LogP contribution in [-0.2, 0) is 4.79 Å². The van der Waals surface area contributed by atoms with Crippen molar-refractivity contribution in [3.63, 3.8) is 0 Å². The Bertz CT molecular complexity index is 385. The van der Waals surface area contributed by atoms with Crippen LogP contribution >= 0.6 is 0 Å². The second-order valence-corrected chi connectivity index (χ2v) is 2.96. The van der Waals surface area contributed by atoms with Gasteiger partial charge in [-0.15, -0.1) is 0 Å². The van der Waals surface area contributed by atoms with Gasteiger partial charge < -0.3 is 16.2 Å². The zero-order chi connectivity index (χ0) is 11.4. The van der Waals surface area contributed by atoms with Gasteiger partial charge in [0.1, 0.15) is 5.56 Å². The van der Waals surface area contributed by atoms with Crippen LogP contribution in [0.15, 0.2) is 0 Å². The van der Waals surface area contributed by atoms with Gasteiger partial charge in [-0.05, 0) is 6.92 Å². The molecule has 0 atom stereocenters. The second-order valence-electron chi connectivity index (χ2n) is 2.96. The number of aryl methyl sites for hydroxylation is 1. The van der Waals surface area contributed by atoms with Crippen LogP contribution in [0.5, 0.6) is 0 Å². The Labute approximate surface area is 85.7 Å². The molecule has 1 rings (SSSR count). The lowest BCUT2D eigenvalue weighted by Crippen LogP contribution is -2.18.